The summed E-state index contributed by atoms with van der Waals surface area (Å²) in [7, 11) is 4.70. The van der Waals surface area contributed by atoms with Gasteiger partial charge in [-0.15, -0.1) is 0 Å². The topological polar surface area (TPSA) is 97.7 Å². The molecule has 1 amide bonds. The zero-order valence-corrected chi connectivity index (χ0v) is 17.1. The fourth-order valence-corrected chi connectivity index (χ4v) is 3.45. The van der Waals surface area contributed by atoms with Crippen molar-refractivity contribution in [3.05, 3.63) is 53.6 Å². The van der Waals surface area contributed by atoms with Crippen molar-refractivity contribution in [1.82, 2.24) is 5.01 Å². The summed E-state index contributed by atoms with van der Waals surface area (Å²) in [5.74, 6) is 0.471. The minimum Gasteiger partial charge on any atom is -0.497 e. The van der Waals surface area contributed by atoms with Gasteiger partial charge in [-0.05, 0) is 24.3 Å². The molecule has 1 atom stereocenters. The first-order valence-electron chi connectivity index (χ1n) is 9.45. The summed E-state index contributed by atoms with van der Waals surface area (Å²) in [5.41, 5.74) is 2.15. The normalized spacial score (nSPS) is 15.5. The molecule has 0 bridgehead atoms. The third-order valence-corrected chi connectivity index (χ3v) is 4.93. The first kappa shape index (κ1) is 21.2. The number of carboxylic acid groups (broad SMARTS) is 1. The number of benzene rings is 2. The number of ether oxygens (including phenoxy) is 3. The van der Waals surface area contributed by atoms with Crippen LogP contribution >= 0.6 is 0 Å². The highest BCUT2D eigenvalue weighted by Crippen LogP contribution is 2.39. The highest BCUT2D eigenvalue weighted by molar-refractivity contribution is 6.05. The Hall–Kier alpha value is -3.55. The molecule has 0 fully saturated rings. The fraction of sp³-hybridized carbons (Fsp3) is 0.318. The maximum Gasteiger partial charge on any atom is 0.303 e. The zero-order valence-electron chi connectivity index (χ0n) is 17.1. The highest BCUT2D eigenvalue weighted by Gasteiger charge is 2.35. The average molecular weight is 412 g/mol. The largest absolute Gasteiger partial charge is 0.497 e. The molecule has 0 unspecified atom stereocenters. The second kappa shape index (κ2) is 9.30. The Balaban J connectivity index is 2.03. The monoisotopic (exact) mass is 412 g/mol. The molecule has 8 heteroatoms. The number of carbonyl (C=O) groups excluding carboxylic acids is 1. The summed E-state index contributed by atoms with van der Waals surface area (Å²) >= 11 is 0. The van der Waals surface area contributed by atoms with Crippen molar-refractivity contribution in [3.8, 4) is 17.2 Å². The fourth-order valence-electron chi connectivity index (χ4n) is 3.45. The molecule has 2 aromatic rings. The van der Waals surface area contributed by atoms with E-state index in [0.29, 0.717) is 34.9 Å². The van der Waals surface area contributed by atoms with E-state index in [1.54, 1.807) is 33.5 Å². The first-order valence-corrected chi connectivity index (χ1v) is 9.45. The van der Waals surface area contributed by atoms with Gasteiger partial charge in [0.25, 0.3) is 0 Å². The van der Waals surface area contributed by atoms with Gasteiger partial charge in [0.1, 0.15) is 17.2 Å². The van der Waals surface area contributed by atoms with Gasteiger partial charge in [-0.25, -0.2) is 5.01 Å². The third kappa shape index (κ3) is 4.37. The summed E-state index contributed by atoms with van der Waals surface area (Å²) in [6.45, 7) is 0. The Kier molecular flexibility index (Phi) is 6.56. The molecule has 0 saturated heterocycles. The number of hydrogen-bond donors (Lipinski definition) is 1. The Morgan fingerprint density at radius 1 is 1.03 bits per heavy atom. The van der Waals surface area contributed by atoms with E-state index in [2.05, 4.69) is 5.10 Å². The van der Waals surface area contributed by atoms with E-state index in [4.69, 9.17) is 19.3 Å². The second-order valence-corrected chi connectivity index (χ2v) is 6.71. The van der Waals surface area contributed by atoms with Crippen LogP contribution in [0.2, 0.25) is 0 Å². The van der Waals surface area contributed by atoms with E-state index in [-0.39, 0.29) is 18.7 Å². The van der Waals surface area contributed by atoms with Crippen LogP contribution in [0.25, 0.3) is 0 Å². The van der Waals surface area contributed by atoms with E-state index in [1.165, 1.54) is 5.01 Å². The van der Waals surface area contributed by atoms with E-state index < -0.39 is 12.0 Å². The van der Waals surface area contributed by atoms with Crippen molar-refractivity contribution in [2.75, 3.05) is 21.3 Å². The van der Waals surface area contributed by atoms with Crippen LogP contribution in [0, 0.1) is 0 Å². The number of hydrogen-bond acceptors (Lipinski definition) is 6. The molecule has 2 aromatic carbocycles. The van der Waals surface area contributed by atoms with E-state index in [9.17, 15) is 9.59 Å². The minimum atomic E-state index is -1.03. The lowest BCUT2D eigenvalue weighted by Gasteiger charge is -2.23. The van der Waals surface area contributed by atoms with Crippen LogP contribution in [0.15, 0.2) is 47.6 Å². The lowest BCUT2D eigenvalue weighted by molar-refractivity contribution is -0.141. The number of carboxylic acids is 1. The molecule has 8 nitrogen and oxygen atoms in total. The van der Waals surface area contributed by atoms with Gasteiger partial charge in [-0.1, -0.05) is 18.2 Å². The third-order valence-electron chi connectivity index (χ3n) is 4.93. The van der Waals surface area contributed by atoms with Crippen LogP contribution < -0.4 is 14.2 Å². The van der Waals surface area contributed by atoms with Gasteiger partial charge in [0.15, 0.2) is 0 Å². The van der Waals surface area contributed by atoms with E-state index >= 15 is 0 Å². The molecular formula is C22H24N2O6. The quantitative estimate of drug-likeness (QED) is 0.715. The van der Waals surface area contributed by atoms with Crippen LogP contribution in [0.4, 0.5) is 0 Å². The molecule has 30 heavy (non-hydrogen) atoms. The average Bonchev–Trinajstić information content (AvgIpc) is 3.22. The summed E-state index contributed by atoms with van der Waals surface area (Å²) < 4.78 is 16.3. The molecule has 0 spiro atoms. The van der Waals surface area contributed by atoms with Crippen molar-refractivity contribution >= 4 is 17.6 Å². The van der Waals surface area contributed by atoms with Gasteiger partial charge in [0, 0.05) is 24.0 Å². The Bertz CT molecular complexity index is 972. The number of aliphatic carboxylic acids is 1. The number of hydrazone groups is 1. The van der Waals surface area contributed by atoms with E-state index in [1.807, 2.05) is 30.3 Å². The zero-order chi connectivity index (χ0) is 21.7. The van der Waals surface area contributed by atoms with Gasteiger partial charge < -0.3 is 19.3 Å². The Morgan fingerprint density at radius 2 is 1.77 bits per heavy atom. The molecule has 0 saturated carbocycles. The maximum absolute atomic E-state index is 12.8. The highest BCUT2D eigenvalue weighted by atomic mass is 16.5. The molecule has 1 N–H and O–H groups in total. The predicted molar refractivity (Wildman–Crippen MR) is 110 cm³/mol. The lowest BCUT2D eigenvalue weighted by Crippen LogP contribution is -2.27. The SMILES string of the molecule is COc1ccc(OC)c(C2=NN(C(=O)CCC(=O)O)[C@H](c3ccccc3OC)C2)c1. The molecule has 0 aromatic heterocycles. The smallest absolute Gasteiger partial charge is 0.303 e. The number of amides is 1. The lowest BCUT2D eigenvalue weighted by atomic mass is 9.97. The standard InChI is InChI=1S/C22H24N2O6/c1-28-14-8-9-20(30-3)16(12-14)17-13-18(15-6-4-5-7-19(15)29-2)24(23-17)21(25)10-11-22(26)27/h4-9,12,18H,10-11,13H2,1-3H3,(H,26,27)/t18-/m0/s1. The number of carbonyl (C=O) groups is 2. The van der Waals surface area contributed by atoms with Crippen LogP contribution in [-0.2, 0) is 9.59 Å². The Labute approximate surface area is 174 Å². The molecule has 1 heterocycles. The van der Waals surface area contributed by atoms with Crippen LogP contribution in [0.1, 0.15) is 36.4 Å². The van der Waals surface area contributed by atoms with Gasteiger partial charge in [-0.3, -0.25) is 9.59 Å². The van der Waals surface area contributed by atoms with Gasteiger partial charge in [-0.2, -0.15) is 5.10 Å². The number of rotatable bonds is 8. The molecule has 0 radical (unpaired) electrons. The van der Waals surface area contributed by atoms with Crippen molar-refractivity contribution in [1.29, 1.82) is 0 Å². The number of methoxy groups -OCH3 is 3. The van der Waals surface area contributed by atoms with Crippen molar-refractivity contribution in [3.63, 3.8) is 0 Å². The summed E-state index contributed by atoms with van der Waals surface area (Å²) in [6.07, 6.45) is 0.0109. The molecule has 1 aliphatic heterocycles. The first-order chi connectivity index (χ1) is 14.5. The minimum absolute atomic E-state index is 0.146. The maximum atomic E-state index is 12.8. The predicted octanol–water partition coefficient (Wildman–Crippen LogP) is 3.25. The molecule has 158 valence electrons. The Morgan fingerprint density at radius 3 is 2.43 bits per heavy atom. The molecule has 3 rings (SSSR count). The van der Waals surface area contributed by atoms with Crippen molar-refractivity contribution in [2.45, 2.75) is 25.3 Å². The van der Waals surface area contributed by atoms with Crippen LogP contribution in [0.3, 0.4) is 0 Å². The van der Waals surface area contributed by atoms with Gasteiger partial charge in [0.2, 0.25) is 5.91 Å². The summed E-state index contributed by atoms with van der Waals surface area (Å²) in [5, 5.41) is 14.9. The van der Waals surface area contributed by atoms with E-state index in [0.717, 1.165) is 5.56 Å². The second-order valence-electron chi connectivity index (χ2n) is 6.71. The summed E-state index contributed by atoms with van der Waals surface area (Å²) in [6, 6.07) is 12.4. The van der Waals surface area contributed by atoms with Crippen LogP contribution in [-0.4, -0.2) is 49.0 Å². The number of nitrogens with zero attached hydrogens (tertiary/aromatic N) is 2. The molecular weight excluding hydrogens is 388 g/mol. The number of para-hydroxylation sites is 1. The van der Waals surface area contributed by atoms with Crippen molar-refractivity contribution < 1.29 is 28.9 Å². The summed E-state index contributed by atoms with van der Waals surface area (Å²) in [4.78, 5) is 23.8. The molecule has 1 aliphatic rings. The molecule has 0 aliphatic carbocycles. The van der Waals surface area contributed by atoms with Gasteiger partial charge in [0.05, 0.1) is 39.5 Å². The van der Waals surface area contributed by atoms with Gasteiger partial charge >= 0.3 is 5.97 Å². The van der Waals surface area contributed by atoms with Crippen molar-refractivity contribution in [2.24, 2.45) is 5.10 Å². The van der Waals surface area contributed by atoms with Crippen LogP contribution in [0.5, 0.6) is 17.2 Å².